The second kappa shape index (κ2) is 9.05. The highest BCUT2D eigenvalue weighted by atomic mass is 35.5. The molecule has 2 aromatic heterocycles. The van der Waals surface area contributed by atoms with Gasteiger partial charge in [-0.25, -0.2) is 9.78 Å². The number of benzene rings is 2. The maximum atomic E-state index is 12.5. The van der Waals surface area contributed by atoms with Crippen molar-refractivity contribution >= 4 is 57.2 Å². The summed E-state index contributed by atoms with van der Waals surface area (Å²) in [6.45, 7) is 0. The van der Waals surface area contributed by atoms with Gasteiger partial charge in [0, 0.05) is 15.8 Å². The Morgan fingerprint density at radius 2 is 1.94 bits per heavy atom. The zero-order chi connectivity index (χ0) is 22.8. The van der Waals surface area contributed by atoms with Crippen molar-refractivity contribution in [1.29, 1.82) is 5.26 Å². The van der Waals surface area contributed by atoms with Crippen molar-refractivity contribution in [2.75, 3.05) is 14.2 Å². The normalized spacial score (nSPS) is 11.4. The maximum absolute atomic E-state index is 12.5. The summed E-state index contributed by atoms with van der Waals surface area (Å²) in [7, 11) is 3.09. The number of rotatable bonds is 5. The Morgan fingerprint density at radius 1 is 1.16 bits per heavy atom. The number of hydrogen-bond acceptors (Lipinski definition) is 7. The standard InChI is InChI=1S/C23H14Cl2N2O4S/c1-29-19-4-3-12(6-20(19)30-2)5-14(10-26)22-27-18(11-32-22)16-8-13-7-15(24)9-17(25)21(13)31-23(16)28/h3-9,11H,1-2H3/b14-5-. The number of ether oxygens (including phenoxy) is 2. The van der Waals surface area contributed by atoms with E-state index in [1.165, 1.54) is 17.4 Å². The molecular weight excluding hydrogens is 471 g/mol. The second-order valence-electron chi connectivity index (χ2n) is 6.58. The highest BCUT2D eigenvalue weighted by Crippen LogP contribution is 2.32. The van der Waals surface area contributed by atoms with Gasteiger partial charge in [0.25, 0.3) is 0 Å². The molecule has 0 bridgehead atoms. The van der Waals surface area contributed by atoms with Crippen molar-refractivity contribution in [2.45, 2.75) is 0 Å². The van der Waals surface area contributed by atoms with E-state index in [1.54, 1.807) is 56.0 Å². The Kier molecular flexibility index (Phi) is 6.19. The highest BCUT2D eigenvalue weighted by molar-refractivity contribution is 7.11. The van der Waals surface area contributed by atoms with Crippen LogP contribution in [-0.4, -0.2) is 19.2 Å². The average Bonchev–Trinajstić information content (AvgIpc) is 3.27. The van der Waals surface area contributed by atoms with Gasteiger partial charge < -0.3 is 13.9 Å². The molecule has 32 heavy (non-hydrogen) atoms. The van der Waals surface area contributed by atoms with Crippen LogP contribution in [0.5, 0.6) is 11.5 Å². The summed E-state index contributed by atoms with van der Waals surface area (Å²) in [5, 5.41) is 13.1. The third-order valence-electron chi connectivity index (χ3n) is 4.60. The van der Waals surface area contributed by atoms with Gasteiger partial charge in [-0.05, 0) is 42.0 Å². The summed E-state index contributed by atoms with van der Waals surface area (Å²) in [5.41, 5.74) is 1.40. The lowest BCUT2D eigenvalue weighted by atomic mass is 10.1. The van der Waals surface area contributed by atoms with Gasteiger partial charge in [0.2, 0.25) is 0 Å². The number of nitriles is 1. The lowest BCUT2D eigenvalue weighted by molar-refractivity contribution is 0.355. The first kappa shape index (κ1) is 21.9. The molecule has 0 radical (unpaired) electrons. The van der Waals surface area contributed by atoms with Crippen molar-refractivity contribution in [3.05, 3.63) is 72.8 Å². The molecule has 6 nitrogen and oxygen atoms in total. The van der Waals surface area contributed by atoms with Crippen LogP contribution >= 0.6 is 34.5 Å². The number of halogens is 2. The Labute approximate surface area is 196 Å². The maximum Gasteiger partial charge on any atom is 0.345 e. The molecule has 9 heteroatoms. The zero-order valence-corrected chi connectivity index (χ0v) is 19.1. The van der Waals surface area contributed by atoms with E-state index in [2.05, 4.69) is 11.1 Å². The predicted octanol–water partition coefficient (Wildman–Crippen LogP) is 6.30. The van der Waals surface area contributed by atoms with Crippen molar-refractivity contribution < 1.29 is 13.9 Å². The second-order valence-corrected chi connectivity index (χ2v) is 8.28. The zero-order valence-electron chi connectivity index (χ0n) is 16.8. The van der Waals surface area contributed by atoms with Crippen LogP contribution in [-0.2, 0) is 0 Å². The van der Waals surface area contributed by atoms with Crippen LogP contribution in [0.4, 0.5) is 0 Å². The molecule has 160 valence electrons. The van der Waals surface area contributed by atoms with Gasteiger partial charge in [-0.15, -0.1) is 11.3 Å². The Hall–Kier alpha value is -3.31. The molecule has 0 saturated carbocycles. The molecule has 0 amide bonds. The topological polar surface area (TPSA) is 85.4 Å². The van der Waals surface area contributed by atoms with E-state index in [4.69, 9.17) is 37.1 Å². The van der Waals surface area contributed by atoms with Gasteiger partial charge in [0.1, 0.15) is 11.1 Å². The van der Waals surface area contributed by atoms with Gasteiger partial charge in [-0.2, -0.15) is 5.26 Å². The third-order valence-corrected chi connectivity index (χ3v) is 5.98. The summed E-state index contributed by atoms with van der Waals surface area (Å²) in [6, 6.07) is 12.3. The number of methoxy groups -OCH3 is 2. The number of fused-ring (bicyclic) bond motifs is 1. The number of hydrogen-bond donors (Lipinski definition) is 0. The molecule has 0 aliphatic carbocycles. The number of thiazole rings is 1. The fraction of sp³-hybridized carbons (Fsp3) is 0.0870. The molecule has 0 unspecified atom stereocenters. The summed E-state index contributed by atoms with van der Waals surface area (Å²) >= 11 is 13.4. The molecule has 0 atom stereocenters. The van der Waals surface area contributed by atoms with Gasteiger partial charge in [0.15, 0.2) is 17.1 Å². The largest absolute Gasteiger partial charge is 0.493 e. The third kappa shape index (κ3) is 4.21. The van der Waals surface area contributed by atoms with E-state index in [-0.39, 0.29) is 16.2 Å². The Bertz CT molecular complexity index is 1470. The smallest absolute Gasteiger partial charge is 0.345 e. The quantitative estimate of drug-likeness (QED) is 0.244. The van der Waals surface area contributed by atoms with Crippen LogP contribution in [0.15, 0.2) is 51.0 Å². The number of allylic oxidation sites excluding steroid dienone is 1. The fourth-order valence-corrected chi connectivity index (χ4v) is 4.44. The van der Waals surface area contributed by atoms with E-state index in [1.807, 2.05) is 0 Å². The minimum absolute atomic E-state index is 0.250. The van der Waals surface area contributed by atoms with Crippen LogP contribution in [0.2, 0.25) is 10.0 Å². The lowest BCUT2D eigenvalue weighted by Crippen LogP contribution is -2.03. The molecule has 2 heterocycles. The van der Waals surface area contributed by atoms with Crippen LogP contribution in [0.25, 0.3) is 33.9 Å². The monoisotopic (exact) mass is 484 g/mol. The molecule has 0 spiro atoms. The number of aromatic nitrogens is 1. The minimum Gasteiger partial charge on any atom is -0.493 e. The first-order valence-electron chi connectivity index (χ1n) is 9.16. The highest BCUT2D eigenvalue weighted by Gasteiger charge is 2.16. The van der Waals surface area contributed by atoms with Crippen molar-refractivity contribution in [3.8, 4) is 28.8 Å². The van der Waals surface area contributed by atoms with Gasteiger partial charge >= 0.3 is 5.63 Å². The van der Waals surface area contributed by atoms with Crippen LogP contribution in [0.1, 0.15) is 10.6 Å². The molecule has 0 aliphatic heterocycles. The van der Waals surface area contributed by atoms with Gasteiger partial charge in [-0.3, -0.25) is 0 Å². The van der Waals surface area contributed by atoms with Crippen LogP contribution < -0.4 is 15.1 Å². The minimum atomic E-state index is -0.582. The van der Waals surface area contributed by atoms with Crippen LogP contribution in [0.3, 0.4) is 0 Å². The van der Waals surface area contributed by atoms with Crippen molar-refractivity contribution in [3.63, 3.8) is 0 Å². The van der Waals surface area contributed by atoms with E-state index >= 15 is 0 Å². The average molecular weight is 485 g/mol. The molecule has 0 saturated heterocycles. The number of nitrogens with zero attached hydrogens (tertiary/aromatic N) is 2. The molecule has 0 aliphatic rings. The molecule has 4 aromatic rings. The lowest BCUT2D eigenvalue weighted by Gasteiger charge is -2.07. The SMILES string of the molecule is COc1ccc(/C=C(/C#N)c2nc(-c3cc4cc(Cl)cc(Cl)c4oc3=O)cs2)cc1OC. The molecule has 2 aromatic carbocycles. The van der Waals surface area contributed by atoms with Crippen molar-refractivity contribution in [1.82, 2.24) is 4.98 Å². The van der Waals surface area contributed by atoms with Crippen molar-refractivity contribution in [2.24, 2.45) is 0 Å². The fourth-order valence-electron chi connectivity index (χ4n) is 3.11. The summed E-state index contributed by atoms with van der Waals surface area (Å²) in [4.78, 5) is 17.0. The summed E-state index contributed by atoms with van der Waals surface area (Å²) < 4.78 is 15.9. The van der Waals surface area contributed by atoms with Gasteiger partial charge in [-0.1, -0.05) is 29.3 Å². The molecular formula is C23H14Cl2N2O4S. The molecule has 4 rings (SSSR count). The Balaban J connectivity index is 1.75. The molecule has 0 N–H and O–H groups in total. The van der Waals surface area contributed by atoms with Crippen LogP contribution in [0, 0.1) is 11.3 Å². The van der Waals surface area contributed by atoms with E-state index in [0.717, 1.165) is 5.56 Å². The summed E-state index contributed by atoms with van der Waals surface area (Å²) in [6.07, 6.45) is 1.69. The predicted molar refractivity (Wildman–Crippen MR) is 127 cm³/mol. The van der Waals surface area contributed by atoms with E-state index in [0.29, 0.717) is 38.2 Å². The first-order valence-corrected chi connectivity index (χ1v) is 10.8. The first-order chi connectivity index (χ1) is 15.4. The van der Waals surface area contributed by atoms with E-state index in [9.17, 15) is 10.1 Å². The molecule has 0 fully saturated rings. The van der Waals surface area contributed by atoms with Gasteiger partial charge in [0.05, 0.1) is 36.1 Å². The summed E-state index contributed by atoms with van der Waals surface area (Å²) in [5.74, 6) is 1.13. The Morgan fingerprint density at radius 3 is 2.66 bits per heavy atom. The van der Waals surface area contributed by atoms with E-state index < -0.39 is 5.63 Å².